The maximum atomic E-state index is 5.33. The van der Waals surface area contributed by atoms with Gasteiger partial charge in [0, 0.05) is 23.9 Å². The van der Waals surface area contributed by atoms with E-state index in [0.29, 0.717) is 11.8 Å². The van der Waals surface area contributed by atoms with Gasteiger partial charge in [0.05, 0.1) is 12.0 Å². The van der Waals surface area contributed by atoms with Crippen LogP contribution in [0.5, 0.6) is 5.75 Å². The lowest BCUT2D eigenvalue weighted by Gasteiger charge is -2.19. The summed E-state index contributed by atoms with van der Waals surface area (Å²) in [5, 5.41) is 9.38. The monoisotopic (exact) mass is 265 g/mol. The summed E-state index contributed by atoms with van der Waals surface area (Å²) in [6.07, 6.45) is 2.29. The van der Waals surface area contributed by atoms with Crippen LogP contribution >= 0.6 is 11.3 Å². The number of thiophene rings is 1. The molecule has 0 aliphatic carbocycles. The Morgan fingerprint density at radius 1 is 1.56 bits per heavy atom. The number of methoxy groups -OCH3 is 1. The smallest absolute Gasteiger partial charge is 0.268 e. The fourth-order valence-corrected chi connectivity index (χ4v) is 2.89. The zero-order chi connectivity index (χ0) is 12.4. The summed E-state index contributed by atoms with van der Waals surface area (Å²) in [6.45, 7) is 2.02. The van der Waals surface area contributed by atoms with Crippen molar-refractivity contribution in [2.75, 3.05) is 20.2 Å². The molecule has 2 aromatic rings. The largest absolute Gasteiger partial charge is 0.496 e. The second kappa shape index (κ2) is 5.07. The van der Waals surface area contributed by atoms with Crippen LogP contribution < -0.4 is 10.1 Å². The molecule has 1 saturated heterocycles. The van der Waals surface area contributed by atoms with Crippen molar-refractivity contribution >= 4 is 11.3 Å². The molecule has 18 heavy (non-hydrogen) atoms. The second-order valence-electron chi connectivity index (χ2n) is 4.35. The van der Waals surface area contributed by atoms with Crippen LogP contribution in [0.2, 0.25) is 0 Å². The molecule has 3 rings (SSSR count). The van der Waals surface area contributed by atoms with Gasteiger partial charge in [0.15, 0.2) is 5.82 Å². The van der Waals surface area contributed by atoms with Crippen molar-refractivity contribution in [3.63, 3.8) is 0 Å². The lowest BCUT2D eigenvalue weighted by molar-refractivity contribution is 0.393. The van der Waals surface area contributed by atoms with E-state index in [1.165, 1.54) is 6.42 Å². The number of nitrogens with one attached hydrogen (secondary N) is 1. The Hall–Kier alpha value is -1.40. The van der Waals surface area contributed by atoms with Gasteiger partial charge in [0.1, 0.15) is 5.75 Å². The summed E-state index contributed by atoms with van der Waals surface area (Å²) >= 11 is 1.55. The van der Waals surface area contributed by atoms with E-state index in [9.17, 15) is 0 Å². The topological polar surface area (TPSA) is 60.2 Å². The Labute approximate surface area is 109 Å². The van der Waals surface area contributed by atoms with Gasteiger partial charge in [0.2, 0.25) is 0 Å². The van der Waals surface area contributed by atoms with Gasteiger partial charge in [-0.1, -0.05) is 5.16 Å². The molecule has 1 N–H and O–H groups in total. The highest BCUT2D eigenvalue weighted by Gasteiger charge is 2.21. The van der Waals surface area contributed by atoms with Crippen molar-refractivity contribution in [3.05, 3.63) is 17.3 Å². The number of hydrogen-bond donors (Lipinski definition) is 1. The van der Waals surface area contributed by atoms with Crippen LogP contribution in [0.15, 0.2) is 16.0 Å². The zero-order valence-corrected chi connectivity index (χ0v) is 11.0. The first-order valence-electron chi connectivity index (χ1n) is 6.04. The number of piperidine rings is 1. The van der Waals surface area contributed by atoms with Gasteiger partial charge in [0.25, 0.3) is 5.89 Å². The Morgan fingerprint density at radius 2 is 2.50 bits per heavy atom. The molecule has 1 aliphatic rings. The fourth-order valence-electron chi connectivity index (χ4n) is 2.11. The first kappa shape index (κ1) is 11.7. The van der Waals surface area contributed by atoms with E-state index in [2.05, 4.69) is 15.5 Å². The molecular weight excluding hydrogens is 250 g/mol. The van der Waals surface area contributed by atoms with Crippen LogP contribution in [0.3, 0.4) is 0 Å². The summed E-state index contributed by atoms with van der Waals surface area (Å²) in [5.41, 5.74) is 0. The van der Waals surface area contributed by atoms with Crippen LogP contribution in [0.1, 0.15) is 24.6 Å². The molecule has 0 bridgehead atoms. The Morgan fingerprint density at radius 3 is 3.22 bits per heavy atom. The summed E-state index contributed by atoms with van der Waals surface area (Å²) in [6, 6.07) is 1.92. The average Bonchev–Trinajstić information content (AvgIpc) is 3.08. The first-order valence-corrected chi connectivity index (χ1v) is 6.92. The molecule has 96 valence electrons. The van der Waals surface area contributed by atoms with Crippen LogP contribution in [-0.2, 0) is 0 Å². The number of aromatic nitrogens is 2. The van der Waals surface area contributed by atoms with E-state index in [4.69, 9.17) is 9.26 Å². The van der Waals surface area contributed by atoms with E-state index in [1.807, 2.05) is 11.4 Å². The lowest BCUT2D eigenvalue weighted by Crippen LogP contribution is -2.28. The highest BCUT2D eigenvalue weighted by molar-refractivity contribution is 7.13. The molecule has 1 fully saturated rings. The van der Waals surface area contributed by atoms with E-state index in [0.717, 1.165) is 36.0 Å². The number of nitrogens with zero attached hydrogens (tertiary/aromatic N) is 2. The minimum absolute atomic E-state index is 0.373. The molecule has 0 radical (unpaired) electrons. The van der Waals surface area contributed by atoms with Gasteiger partial charge in [-0.05, 0) is 19.4 Å². The van der Waals surface area contributed by atoms with Crippen LogP contribution in [0, 0.1) is 0 Å². The van der Waals surface area contributed by atoms with Crippen molar-refractivity contribution in [1.29, 1.82) is 0 Å². The zero-order valence-electron chi connectivity index (χ0n) is 10.2. The van der Waals surface area contributed by atoms with E-state index in [-0.39, 0.29) is 0 Å². The van der Waals surface area contributed by atoms with Gasteiger partial charge >= 0.3 is 0 Å². The van der Waals surface area contributed by atoms with E-state index >= 15 is 0 Å². The minimum Gasteiger partial charge on any atom is -0.496 e. The Balaban J connectivity index is 1.79. The standard InChI is InChI=1S/C12H15N3O2S/c1-16-9-5-10(18-7-9)12-14-11(15-17-12)8-3-2-4-13-6-8/h5,7-8,13H,2-4,6H2,1H3. The van der Waals surface area contributed by atoms with Gasteiger partial charge in [-0.15, -0.1) is 11.3 Å². The highest BCUT2D eigenvalue weighted by Crippen LogP contribution is 2.31. The molecular formula is C12H15N3O2S. The van der Waals surface area contributed by atoms with E-state index < -0.39 is 0 Å². The maximum absolute atomic E-state index is 5.33. The third-order valence-electron chi connectivity index (χ3n) is 3.13. The average molecular weight is 265 g/mol. The molecule has 2 aromatic heterocycles. The number of ether oxygens (including phenoxy) is 1. The normalized spacial score (nSPS) is 19.9. The minimum atomic E-state index is 0.373. The van der Waals surface area contributed by atoms with Crippen molar-refractivity contribution < 1.29 is 9.26 Å². The molecule has 0 saturated carbocycles. The Kier molecular flexibility index (Phi) is 3.29. The predicted octanol–water partition coefficient (Wildman–Crippen LogP) is 2.27. The molecule has 6 heteroatoms. The van der Waals surface area contributed by atoms with Crippen LogP contribution in [0.25, 0.3) is 10.8 Å². The number of hydrogen-bond acceptors (Lipinski definition) is 6. The number of rotatable bonds is 3. The summed E-state index contributed by atoms with van der Waals surface area (Å²) in [4.78, 5) is 5.44. The third kappa shape index (κ3) is 2.26. The lowest BCUT2D eigenvalue weighted by atomic mass is 9.99. The summed E-state index contributed by atoms with van der Waals surface area (Å²) in [7, 11) is 1.65. The molecule has 1 atom stereocenters. The van der Waals surface area contributed by atoms with Gasteiger partial charge in [-0.25, -0.2) is 0 Å². The SMILES string of the molecule is COc1csc(-c2nc(C3CCCNC3)no2)c1. The fraction of sp³-hybridized carbons (Fsp3) is 0.500. The van der Waals surface area contributed by atoms with Gasteiger partial charge in [-0.3, -0.25) is 0 Å². The predicted molar refractivity (Wildman–Crippen MR) is 69.0 cm³/mol. The molecule has 0 spiro atoms. The maximum Gasteiger partial charge on any atom is 0.268 e. The van der Waals surface area contributed by atoms with Crippen molar-refractivity contribution in [1.82, 2.24) is 15.5 Å². The van der Waals surface area contributed by atoms with Crippen molar-refractivity contribution in [2.24, 2.45) is 0 Å². The molecule has 1 unspecified atom stereocenters. The highest BCUT2D eigenvalue weighted by atomic mass is 32.1. The first-order chi connectivity index (χ1) is 8.86. The second-order valence-corrected chi connectivity index (χ2v) is 5.26. The summed E-state index contributed by atoms with van der Waals surface area (Å²) < 4.78 is 10.5. The molecule has 5 nitrogen and oxygen atoms in total. The molecule has 1 aliphatic heterocycles. The van der Waals surface area contributed by atoms with Gasteiger partial charge < -0.3 is 14.6 Å². The van der Waals surface area contributed by atoms with Crippen molar-refractivity contribution in [2.45, 2.75) is 18.8 Å². The van der Waals surface area contributed by atoms with Crippen molar-refractivity contribution in [3.8, 4) is 16.5 Å². The molecule has 0 amide bonds. The molecule has 0 aromatic carbocycles. The quantitative estimate of drug-likeness (QED) is 0.922. The third-order valence-corrected chi connectivity index (χ3v) is 4.02. The van der Waals surface area contributed by atoms with Gasteiger partial charge in [-0.2, -0.15) is 4.98 Å². The van der Waals surface area contributed by atoms with E-state index in [1.54, 1.807) is 18.4 Å². The van der Waals surface area contributed by atoms with Crippen LogP contribution in [0.4, 0.5) is 0 Å². The Bertz CT molecular complexity index is 517. The molecule has 3 heterocycles. The summed E-state index contributed by atoms with van der Waals surface area (Å²) in [5.74, 6) is 2.60. The van der Waals surface area contributed by atoms with Crippen LogP contribution in [-0.4, -0.2) is 30.3 Å².